The van der Waals surface area contributed by atoms with E-state index < -0.39 is 0 Å². The Balaban J connectivity index is 2.02. The van der Waals surface area contributed by atoms with Crippen molar-refractivity contribution < 1.29 is 9.13 Å². The minimum Gasteiger partial charge on any atom is -0.490 e. The van der Waals surface area contributed by atoms with E-state index in [4.69, 9.17) is 4.74 Å². The van der Waals surface area contributed by atoms with Crippen LogP contribution in [0.1, 0.15) is 30.9 Å². The molecule has 0 unspecified atom stereocenters. The molecule has 1 aromatic carbocycles. The molecule has 2 heterocycles. The predicted molar refractivity (Wildman–Crippen MR) is 65.9 cm³/mol. The lowest BCUT2D eigenvalue weighted by atomic mass is 9.97. The van der Waals surface area contributed by atoms with Crippen LogP contribution in [-0.2, 0) is 6.42 Å². The van der Waals surface area contributed by atoms with Crippen molar-refractivity contribution in [2.75, 3.05) is 6.61 Å². The quantitative estimate of drug-likeness (QED) is 0.726. The summed E-state index contributed by atoms with van der Waals surface area (Å²) in [5.74, 6) is 0.220. The summed E-state index contributed by atoms with van der Waals surface area (Å²) in [6.45, 7) is 2.57. The molecule has 0 radical (unpaired) electrons. The fraction of sp³-hybridized carbons (Fsp3) is 0.357. The van der Waals surface area contributed by atoms with Crippen molar-refractivity contribution in [3.8, 4) is 5.75 Å². The number of aliphatic imine (C=N–C) groups is 1. The van der Waals surface area contributed by atoms with Gasteiger partial charge in [0.25, 0.3) is 0 Å². The number of hydrogen-bond acceptors (Lipinski definition) is 2. The standard InChI is InChI=1S/C14H14FNO/c1-9-7-11(8-16-9)12-5-4-10-3-2-6-17-14(10)13(12)15/h4-5,8H,2-3,6-7H2,1H3. The maximum atomic E-state index is 14.3. The highest BCUT2D eigenvalue weighted by molar-refractivity contribution is 5.96. The Hall–Kier alpha value is -1.64. The molecule has 3 rings (SSSR count). The van der Waals surface area contributed by atoms with Crippen molar-refractivity contribution >= 4 is 11.3 Å². The van der Waals surface area contributed by atoms with Gasteiger partial charge in [-0.15, -0.1) is 0 Å². The van der Waals surface area contributed by atoms with Crippen molar-refractivity contribution in [2.45, 2.75) is 26.2 Å². The monoisotopic (exact) mass is 231 g/mol. The van der Waals surface area contributed by atoms with Gasteiger partial charge in [0.1, 0.15) is 0 Å². The first-order valence-electron chi connectivity index (χ1n) is 5.92. The summed E-state index contributed by atoms with van der Waals surface area (Å²) in [7, 11) is 0. The lowest BCUT2D eigenvalue weighted by Gasteiger charge is -2.19. The second-order valence-electron chi connectivity index (χ2n) is 4.56. The van der Waals surface area contributed by atoms with E-state index in [9.17, 15) is 4.39 Å². The van der Waals surface area contributed by atoms with Crippen molar-refractivity contribution in [1.29, 1.82) is 0 Å². The zero-order valence-corrected chi connectivity index (χ0v) is 9.79. The van der Waals surface area contributed by atoms with Gasteiger partial charge in [0.05, 0.1) is 6.61 Å². The molecule has 0 bridgehead atoms. The normalized spacial score (nSPS) is 18.2. The average molecular weight is 231 g/mol. The molecule has 2 aliphatic rings. The fourth-order valence-electron chi connectivity index (χ4n) is 2.35. The SMILES string of the molecule is CC1=NC=C(c2ccc3c(c2F)OCCC3)C1. The van der Waals surface area contributed by atoms with E-state index >= 15 is 0 Å². The van der Waals surface area contributed by atoms with E-state index in [0.29, 0.717) is 17.9 Å². The topological polar surface area (TPSA) is 21.6 Å². The van der Waals surface area contributed by atoms with Gasteiger partial charge in [-0.2, -0.15) is 0 Å². The van der Waals surface area contributed by atoms with Crippen LogP contribution in [0, 0.1) is 5.82 Å². The summed E-state index contributed by atoms with van der Waals surface area (Å²) in [5.41, 5.74) is 3.58. The molecule has 0 atom stereocenters. The Morgan fingerprint density at radius 2 is 2.24 bits per heavy atom. The zero-order valence-electron chi connectivity index (χ0n) is 9.79. The number of ether oxygens (including phenoxy) is 1. The number of nitrogens with zero attached hydrogens (tertiary/aromatic N) is 1. The van der Waals surface area contributed by atoms with Crippen LogP contribution in [0.3, 0.4) is 0 Å². The summed E-state index contributed by atoms with van der Waals surface area (Å²) in [6, 6.07) is 3.82. The molecule has 0 fully saturated rings. The second-order valence-corrected chi connectivity index (χ2v) is 4.56. The molecular weight excluding hydrogens is 217 g/mol. The highest BCUT2D eigenvalue weighted by Gasteiger charge is 2.21. The molecule has 0 spiro atoms. The second kappa shape index (κ2) is 3.99. The molecule has 0 saturated heterocycles. The third-order valence-corrected chi connectivity index (χ3v) is 3.25. The zero-order chi connectivity index (χ0) is 11.8. The number of hydrogen-bond donors (Lipinski definition) is 0. The summed E-state index contributed by atoms with van der Waals surface area (Å²) < 4.78 is 19.8. The molecule has 0 amide bonds. The molecule has 0 saturated carbocycles. The minimum absolute atomic E-state index is 0.224. The Morgan fingerprint density at radius 1 is 1.35 bits per heavy atom. The third-order valence-electron chi connectivity index (χ3n) is 3.25. The van der Waals surface area contributed by atoms with Gasteiger partial charge >= 0.3 is 0 Å². The lowest BCUT2D eigenvalue weighted by molar-refractivity contribution is 0.273. The fourth-order valence-corrected chi connectivity index (χ4v) is 2.35. The van der Waals surface area contributed by atoms with Crippen LogP contribution in [-0.4, -0.2) is 12.3 Å². The summed E-state index contributed by atoms with van der Waals surface area (Å²) >= 11 is 0. The van der Waals surface area contributed by atoms with E-state index in [1.807, 2.05) is 19.1 Å². The number of aryl methyl sites for hydroxylation is 1. The number of allylic oxidation sites excluding steroid dienone is 1. The van der Waals surface area contributed by atoms with Gasteiger partial charge in [0.2, 0.25) is 0 Å². The number of benzene rings is 1. The molecule has 88 valence electrons. The summed E-state index contributed by atoms with van der Waals surface area (Å²) in [4.78, 5) is 4.19. The van der Waals surface area contributed by atoms with Gasteiger partial charge in [-0.25, -0.2) is 4.39 Å². The van der Waals surface area contributed by atoms with Gasteiger partial charge in [-0.3, -0.25) is 4.99 Å². The number of halogens is 1. The average Bonchev–Trinajstić information content (AvgIpc) is 2.77. The molecule has 1 aromatic rings. The smallest absolute Gasteiger partial charge is 0.172 e. The van der Waals surface area contributed by atoms with Gasteiger partial charge < -0.3 is 4.74 Å². The molecule has 3 heteroatoms. The number of fused-ring (bicyclic) bond motifs is 1. The molecule has 2 aliphatic heterocycles. The maximum Gasteiger partial charge on any atom is 0.172 e. The van der Waals surface area contributed by atoms with Crippen molar-refractivity contribution in [1.82, 2.24) is 0 Å². The Morgan fingerprint density at radius 3 is 3.00 bits per heavy atom. The van der Waals surface area contributed by atoms with Crippen LogP contribution in [0.4, 0.5) is 4.39 Å². The van der Waals surface area contributed by atoms with Gasteiger partial charge in [0, 0.05) is 23.9 Å². The molecule has 0 N–H and O–H groups in total. The molecule has 0 aliphatic carbocycles. The molecular formula is C14H14FNO. The first kappa shape index (κ1) is 10.5. The van der Waals surface area contributed by atoms with Crippen molar-refractivity contribution in [3.05, 3.63) is 35.3 Å². The molecule has 0 aromatic heterocycles. The van der Waals surface area contributed by atoms with Crippen LogP contribution < -0.4 is 4.74 Å². The third kappa shape index (κ3) is 1.75. The van der Waals surface area contributed by atoms with E-state index in [2.05, 4.69) is 4.99 Å². The maximum absolute atomic E-state index is 14.3. The van der Waals surface area contributed by atoms with Crippen LogP contribution in [0.2, 0.25) is 0 Å². The Kier molecular flexibility index (Phi) is 2.46. The van der Waals surface area contributed by atoms with Crippen LogP contribution in [0.15, 0.2) is 23.3 Å². The van der Waals surface area contributed by atoms with Gasteiger partial charge in [0.15, 0.2) is 11.6 Å². The first-order valence-corrected chi connectivity index (χ1v) is 5.92. The predicted octanol–water partition coefficient (Wildman–Crippen LogP) is 3.36. The van der Waals surface area contributed by atoms with E-state index in [0.717, 1.165) is 36.1 Å². The van der Waals surface area contributed by atoms with E-state index in [-0.39, 0.29) is 5.82 Å². The Labute approximate surface area is 99.8 Å². The molecule has 17 heavy (non-hydrogen) atoms. The highest BCUT2D eigenvalue weighted by Crippen LogP contribution is 2.35. The summed E-state index contributed by atoms with van der Waals surface area (Å²) in [5, 5.41) is 0. The van der Waals surface area contributed by atoms with E-state index in [1.165, 1.54) is 0 Å². The van der Waals surface area contributed by atoms with Crippen molar-refractivity contribution in [2.24, 2.45) is 4.99 Å². The van der Waals surface area contributed by atoms with Crippen molar-refractivity contribution in [3.63, 3.8) is 0 Å². The summed E-state index contributed by atoms with van der Waals surface area (Å²) in [6.07, 6.45) is 4.36. The lowest BCUT2D eigenvalue weighted by Crippen LogP contribution is -2.11. The van der Waals surface area contributed by atoms with E-state index in [1.54, 1.807) is 6.20 Å². The van der Waals surface area contributed by atoms with Gasteiger partial charge in [-0.05, 0) is 30.9 Å². The molecule has 2 nitrogen and oxygen atoms in total. The van der Waals surface area contributed by atoms with Crippen LogP contribution >= 0.6 is 0 Å². The first-order chi connectivity index (χ1) is 8.25. The van der Waals surface area contributed by atoms with Crippen LogP contribution in [0.5, 0.6) is 5.75 Å². The van der Waals surface area contributed by atoms with Crippen LogP contribution in [0.25, 0.3) is 5.57 Å². The Bertz CT molecular complexity index is 531. The largest absolute Gasteiger partial charge is 0.490 e. The minimum atomic E-state index is -0.224. The number of rotatable bonds is 1. The van der Waals surface area contributed by atoms with Gasteiger partial charge in [-0.1, -0.05) is 12.1 Å². The highest BCUT2D eigenvalue weighted by atomic mass is 19.1.